The van der Waals surface area contributed by atoms with Crippen LogP contribution in [0.1, 0.15) is 6.42 Å². The van der Waals surface area contributed by atoms with E-state index in [0.29, 0.717) is 0 Å². The number of rotatable bonds is 14. The van der Waals surface area contributed by atoms with Crippen LogP contribution in [0.25, 0.3) is 0 Å². The fourth-order valence-corrected chi connectivity index (χ4v) is 5.42. The van der Waals surface area contributed by atoms with E-state index in [1.54, 1.807) is 0 Å². The molecular formula is C26H44O20. The second kappa shape index (κ2) is 16.7. The van der Waals surface area contributed by atoms with Crippen molar-refractivity contribution in [2.45, 2.75) is 110 Å². The first-order valence-corrected chi connectivity index (χ1v) is 14.3. The smallest absolute Gasteiger partial charge is 0.366 e. The fourth-order valence-electron chi connectivity index (χ4n) is 5.42. The van der Waals surface area contributed by atoms with Gasteiger partial charge in [0, 0.05) is 6.42 Å². The van der Waals surface area contributed by atoms with E-state index in [-0.39, 0.29) is 6.61 Å². The number of carbonyl (C=O) groups is 1. The van der Waals surface area contributed by atoms with Crippen LogP contribution in [0.4, 0.5) is 0 Å². The lowest BCUT2D eigenvalue weighted by atomic mass is 9.91. The number of hydrogen-bond acceptors (Lipinski definition) is 20. The van der Waals surface area contributed by atoms with E-state index in [2.05, 4.69) is 6.58 Å². The monoisotopic (exact) mass is 676 g/mol. The summed E-state index contributed by atoms with van der Waals surface area (Å²) in [5.41, 5.74) is 0. The molecule has 0 aromatic carbocycles. The van der Waals surface area contributed by atoms with Gasteiger partial charge in [-0.2, -0.15) is 0 Å². The van der Waals surface area contributed by atoms with Crippen LogP contribution in [0.15, 0.2) is 12.7 Å². The van der Waals surface area contributed by atoms with Crippen LogP contribution in [0.5, 0.6) is 0 Å². The molecule has 0 aliphatic carbocycles. The topological polar surface area (TPSA) is 324 Å². The molecule has 3 aliphatic heterocycles. The fraction of sp³-hybridized carbons (Fsp3) is 0.885. The lowest BCUT2D eigenvalue weighted by molar-refractivity contribution is -0.388. The third kappa shape index (κ3) is 8.02. The Morgan fingerprint density at radius 3 is 1.80 bits per heavy atom. The van der Waals surface area contributed by atoms with Gasteiger partial charge >= 0.3 is 5.97 Å². The van der Waals surface area contributed by atoms with Gasteiger partial charge in [-0.25, -0.2) is 4.79 Å². The molecule has 268 valence electrons. The van der Waals surface area contributed by atoms with E-state index in [1.807, 2.05) is 0 Å². The summed E-state index contributed by atoms with van der Waals surface area (Å²) in [6.07, 6.45) is -29.9. The Kier molecular flexibility index (Phi) is 14.2. The zero-order valence-electron chi connectivity index (χ0n) is 24.7. The number of ether oxygens (including phenoxy) is 7. The maximum atomic E-state index is 12.7. The molecule has 0 aromatic rings. The van der Waals surface area contributed by atoms with Gasteiger partial charge in [-0.15, -0.1) is 6.58 Å². The van der Waals surface area contributed by atoms with Crippen LogP contribution >= 0.6 is 0 Å². The van der Waals surface area contributed by atoms with Gasteiger partial charge in [-0.1, -0.05) is 6.08 Å². The molecule has 3 rings (SSSR count). The van der Waals surface area contributed by atoms with E-state index in [1.165, 1.54) is 6.08 Å². The van der Waals surface area contributed by atoms with Gasteiger partial charge in [0.2, 0.25) is 0 Å². The molecule has 3 aliphatic rings. The average molecular weight is 677 g/mol. The Morgan fingerprint density at radius 1 is 0.783 bits per heavy atom. The summed E-state index contributed by atoms with van der Waals surface area (Å²) in [6.45, 7) is 0.246. The first kappa shape index (κ1) is 38.9. The SMILES string of the molecule is C=CCO[C@]1(C(=O)OC)C[C@@H](O)[C@@H](O[C@H]2O[C@H]([C@@H](O)CO)[C@@H](O)[C@H](O[C@H]3O[C@H]([C@@H](O)CO)[C@@H](O)[C@H](O)[C@@H]3O)[C@@H]2O)[C@@H]([C@H](O)CO)O1. The van der Waals surface area contributed by atoms with Crippen molar-refractivity contribution in [1.29, 1.82) is 0 Å². The minimum atomic E-state index is -2.32. The predicted octanol–water partition coefficient (Wildman–Crippen LogP) is -7.71. The quantitative estimate of drug-likeness (QED) is 0.0600. The van der Waals surface area contributed by atoms with E-state index in [9.17, 15) is 66.1 Å². The summed E-state index contributed by atoms with van der Waals surface area (Å²) >= 11 is 0. The Balaban J connectivity index is 1.93. The van der Waals surface area contributed by atoms with Crippen molar-refractivity contribution in [3.8, 4) is 0 Å². The van der Waals surface area contributed by atoms with Crippen LogP contribution < -0.4 is 0 Å². The Morgan fingerprint density at radius 2 is 1.28 bits per heavy atom. The van der Waals surface area contributed by atoms with Gasteiger partial charge in [0.1, 0.15) is 79.4 Å². The maximum absolute atomic E-state index is 12.7. The highest BCUT2D eigenvalue weighted by atomic mass is 16.8. The van der Waals surface area contributed by atoms with Gasteiger partial charge in [-0.3, -0.25) is 0 Å². The standard InChI is InChI=1S/C26H44O20/c1-3-4-41-26(25(39)40-2)5-9(30)20(21(46-26)12(33)8-29)44-24-17(38)22(16(37)19(43-24)11(32)7-28)45-23-15(36)13(34)14(35)18(42-23)10(31)6-27/h3,9-24,27-38H,1,4-8H2,2H3/t9-,10+,11+,12-,13+,14+,15+,16-,17+,18-,19-,20-,21-,22+,23-,24-,26-/m1/s1. The minimum absolute atomic E-state index is 0.283. The van der Waals surface area contributed by atoms with Crippen molar-refractivity contribution in [3.05, 3.63) is 12.7 Å². The third-order valence-electron chi connectivity index (χ3n) is 7.91. The van der Waals surface area contributed by atoms with Crippen LogP contribution in [-0.4, -0.2) is 205 Å². The van der Waals surface area contributed by atoms with E-state index >= 15 is 0 Å². The molecule has 20 heteroatoms. The van der Waals surface area contributed by atoms with Crippen LogP contribution in [0, 0.1) is 0 Å². The zero-order valence-corrected chi connectivity index (χ0v) is 24.7. The van der Waals surface area contributed by atoms with Crippen LogP contribution in [0.2, 0.25) is 0 Å². The van der Waals surface area contributed by atoms with Crippen molar-refractivity contribution in [3.63, 3.8) is 0 Å². The second-order valence-corrected chi connectivity index (χ2v) is 11.0. The third-order valence-corrected chi connectivity index (χ3v) is 7.91. The van der Waals surface area contributed by atoms with Crippen molar-refractivity contribution < 1.29 is 99.2 Å². The Labute approximate surface area is 262 Å². The van der Waals surface area contributed by atoms with Crippen LogP contribution in [0.3, 0.4) is 0 Å². The summed E-state index contributed by atoms with van der Waals surface area (Å²) in [4.78, 5) is 12.7. The summed E-state index contributed by atoms with van der Waals surface area (Å²) < 4.78 is 38.0. The van der Waals surface area contributed by atoms with Crippen molar-refractivity contribution in [2.75, 3.05) is 33.5 Å². The number of aliphatic hydroxyl groups excluding tert-OH is 12. The van der Waals surface area contributed by atoms with Gasteiger partial charge < -0.3 is 94.4 Å². The lowest BCUT2D eigenvalue weighted by Gasteiger charge is -2.50. The zero-order chi connectivity index (χ0) is 34.5. The molecule has 0 spiro atoms. The van der Waals surface area contributed by atoms with Gasteiger partial charge in [-0.05, 0) is 0 Å². The Bertz CT molecular complexity index is 974. The van der Waals surface area contributed by atoms with Gasteiger partial charge in [0.05, 0.1) is 39.6 Å². The first-order valence-electron chi connectivity index (χ1n) is 14.3. The predicted molar refractivity (Wildman–Crippen MR) is 143 cm³/mol. The molecule has 0 unspecified atom stereocenters. The molecule has 0 bridgehead atoms. The number of aliphatic hydroxyl groups is 12. The lowest BCUT2D eigenvalue weighted by Crippen LogP contribution is -2.68. The molecule has 20 nitrogen and oxygen atoms in total. The molecule has 0 aromatic heterocycles. The molecule has 3 saturated heterocycles. The number of methoxy groups -OCH3 is 1. The molecule has 0 saturated carbocycles. The number of hydrogen-bond donors (Lipinski definition) is 12. The highest BCUT2D eigenvalue weighted by molar-refractivity contribution is 5.78. The maximum Gasteiger partial charge on any atom is 0.366 e. The molecule has 3 heterocycles. The first-order chi connectivity index (χ1) is 21.7. The molecular weight excluding hydrogens is 632 g/mol. The van der Waals surface area contributed by atoms with Gasteiger partial charge in [0.25, 0.3) is 5.79 Å². The van der Waals surface area contributed by atoms with Crippen molar-refractivity contribution in [1.82, 2.24) is 0 Å². The number of carbonyl (C=O) groups excluding carboxylic acids is 1. The molecule has 0 amide bonds. The summed E-state index contributed by atoms with van der Waals surface area (Å²) in [5.74, 6) is -3.44. The molecule has 3 fully saturated rings. The average Bonchev–Trinajstić information content (AvgIpc) is 3.05. The molecule has 46 heavy (non-hydrogen) atoms. The molecule has 17 atom stereocenters. The van der Waals surface area contributed by atoms with Crippen LogP contribution in [-0.2, 0) is 38.0 Å². The molecule has 0 radical (unpaired) electrons. The highest BCUT2D eigenvalue weighted by Crippen LogP contribution is 2.38. The Hall–Kier alpha value is -1.51. The van der Waals surface area contributed by atoms with E-state index in [4.69, 9.17) is 33.2 Å². The minimum Gasteiger partial charge on any atom is -0.465 e. The largest absolute Gasteiger partial charge is 0.465 e. The van der Waals surface area contributed by atoms with Crippen molar-refractivity contribution >= 4 is 5.97 Å². The second-order valence-electron chi connectivity index (χ2n) is 11.0. The van der Waals surface area contributed by atoms with E-state index < -0.39 is 136 Å². The highest BCUT2D eigenvalue weighted by Gasteiger charge is 2.58. The van der Waals surface area contributed by atoms with Crippen molar-refractivity contribution in [2.24, 2.45) is 0 Å². The number of esters is 1. The normalized spacial score (nSPS) is 43.8. The van der Waals surface area contributed by atoms with E-state index in [0.717, 1.165) is 7.11 Å². The summed E-state index contributed by atoms with van der Waals surface area (Å²) in [5, 5.41) is 124. The van der Waals surface area contributed by atoms with Gasteiger partial charge in [0.15, 0.2) is 12.6 Å². The molecule has 12 N–H and O–H groups in total. The summed E-state index contributed by atoms with van der Waals surface area (Å²) in [6, 6.07) is 0. The summed E-state index contributed by atoms with van der Waals surface area (Å²) in [7, 11) is 1.00.